The van der Waals surface area contributed by atoms with Crippen molar-refractivity contribution in [3.05, 3.63) is 0 Å². The molecule has 2 rings (SSSR count). The number of carbonyl (C=O) groups excluding carboxylic acids is 1. The molecule has 2 unspecified atom stereocenters. The third-order valence-electron chi connectivity index (χ3n) is 3.06. The normalized spacial score (nSPS) is 43.7. The smallest absolute Gasteiger partial charge is 0.133 e. The van der Waals surface area contributed by atoms with Gasteiger partial charge in [0.25, 0.3) is 0 Å². The van der Waals surface area contributed by atoms with E-state index in [2.05, 4.69) is 6.92 Å². The van der Waals surface area contributed by atoms with Crippen molar-refractivity contribution < 1.29 is 4.79 Å². The van der Waals surface area contributed by atoms with E-state index in [-0.39, 0.29) is 0 Å². The van der Waals surface area contributed by atoms with E-state index >= 15 is 0 Å². The number of ketones is 1. The Bertz CT molecular complexity index is 148. The lowest BCUT2D eigenvalue weighted by atomic mass is 10.1. The van der Waals surface area contributed by atoms with Gasteiger partial charge in [0.05, 0.1) is 0 Å². The molecule has 1 heteroatoms. The number of hydrogen-bond donors (Lipinski definition) is 0. The summed E-state index contributed by atoms with van der Waals surface area (Å²) in [6.07, 6.45) is 4.49. The molecule has 0 amide bonds. The maximum Gasteiger partial charge on any atom is 0.133 e. The van der Waals surface area contributed by atoms with Crippen molar-refractivity contribution in [3.8, 4) is 0 Å². The van der Waals surface area contributed by atoms with Crippen LogP contribution in [0.25, 0.3) is 0 Å². The molecular formula is C9H14O. The molecule has 0 aromatic carbocycles. The van der Waals surface area contributed by atoms with Crippen molar-refractivity contribution in [2.75, 3.05) is 0 Å². The van der Waals surface area contributed by atoms with E-state index in [9.17, 15) is 4.79 Å². The van der Waals surface area contributed by atoms with Crippen LogP contribution in [0.3, 0.4) is 0 Å². The quantitative estimate of drug-likeness (QED) is 0.570. The molecule has 2 aliphatic rings. The van der Waals surface area contributed by atoms with E-state index in [1.54, 1.807) is 0 Å². The highest BCUT2D eigenvalue weighted by Gasteiger charge is 2.54. The molecule has 0 saturated heterocycles. The van der Waals surface area contributed by atoms with Crippen LogP contribution in [0.1, 0.15) is 32.6 Å². The average molecular weight is 138 g/mol. The molecule has 0 N–H and O–H groups in total. The molecule has 2 fully saturated rings. The van der Waals surface area contributed by atoms with E-state index < -0.39 is 0 Å². The summed E-state index contributed by atoms with van der Waals surface area (Å²) in [5.41, 5.74) is 0. The predicted octanol–water partition coefficient (Wildman–Crippen LogP) is 2.01. The van der Waals surface area contributed by atoms with Crippen LogP contribution in [-0.4, -0.2) is 5.78 Å². The van der Waals surface area contributed by atoms with Gasteiger partial charge in [-0.15, -0.1) is 0 Å². The standard InChI is InChI=1S/C9H14O/c1-2-3-7-8-4-6(10)5-9(7)8/h7-9H,2-5H2,1H3. The van der Waals surface area contributed by atoms with E-state index in [1.165, 1.54) is 12.8 Å². The van der Waals surface area contributed by atoms with Crippen LogP contribution in [0.15, 0.2) is 0 Å². The summed E-state index contributed by atoms with van der Waals surface area (Å²) in [6.45, 7) is 2.23. The minimum absolute atomic E-state index is 0.516. The highest BCUT2D eigenvalue weighted by molar-refractivity contribution is 5.82. The highest BCUT2D eigenvalue weighted by atomic mass is 16.1. The largest absolute Gasteiger partial charge is 0.300 e. The Morgan fingerprint density at radius 2 is 2.00 bits per heavy atom. The summed E-state index contributed by atoms with van der Waals surface area (Å²) in [4.78, 5) is 10.8. The number of Topliss-reactive ketones (excluding diaryl/α,β-unsaturated/α-hetero) is 1. The summed E-state index contributed by atoms with van der Waals surface area (Å²) < 4.78 is 0. The first-order valence-electron chi connectivity index (χ1n) is 4.34. The number of carbonyl (C=O) groups is 1. The van der Waals surface area contributed by atoms with E-state index in [1.807, 2.05) is 0 Å². The van der Waals surface area contributed by atoms with Crippen LogP contribution < -0.4 is 0 Å². The summed E-state index contributed by atoms with van der Waals surface area (Å²) in [6, 6.07) is 0. The molecule has 56 valence electrons. The second-order valence-corrected chi connectivity index (χ2v) is 3.73. The first-order chi connectivity index (χ1) is 4.83. The first kappa shape index (κ1) is 6.38. The molecule has 0 radical (unpaired) electrons. The Balaban J connectivity index is 1.86. The fourth-order valence-corrected chi connectivity index (χ4v) is 2.50. The lowest BCUT2D eigenvalue weighted by Gasteiger charge is -1.97. The van der Waals surface area contributed by atoms with Crippen molar-refractivity contribution in [2.24, 2.45) is 17.8 Å². The van der Waals surface area contributed by atoms with Crippen molar-refractivity contribution >= 4 is 5.78 Å². The molecule has 0 aliphatic heterocycles. The summed E-state index contributed by atoms with van der Waals surface area (Å²) >= 11 is 0. The van der Waals surface area contributed by atoms with Crippen LogP contribution >= 0.6 is 0 Å². The number of rotatable bonds is 2. The molecule has 2 aliphatic carbocycles. The Labute approximate surface area is 61.8 Å². The van der Waals surface area contributed by atoms with Crippen molar-refractivity contribution in [2.45, 2.75) is 32.6 Å². The van der Waals surface area contributed by atoms with E-state index in [0.29, 0.717) is 5.78 Å². The maximum atomic E-state index is 10.8. The maximum absolute atomic E-state index is 10.8. The van der Waals surface area contributed by atoms with Gasteiger partial charge in [0.15, 0.2) is 0 Å². The molecule has 0 spiro atoms. The zero-order chi connectivity index (χ0) is 7.14. The Morgan fingerprint density at radius 1 is 1.40 bits per heavy atom. The minimum Gasteiger partial charge on any atom is -0.300 e. The van der Waals surface area contributed by atoms with Crippen LogP contribution in [0.2, 0.25) is 0 Å². The summed E-state index contributed by atoms with van der Waals surface area (Å²) in [5.74, 6) is 3.12. The van der Waals surface area contributed by atoms with Crippen LogP contribution in [-0.2, 0) is 4.79 Å². The molecule has 1 nitrogen and oxygen atoms in total. The van der Waals surface area contributed by atoms with Crippen molar-refractivity contribution in [3.63, 3.8) is 0 Å². The van der Waals surface area contributed by atoms with Gasteiger partial charge in [-0.05, 0) is 17.8 Å². The predicted molar refractivity (Wildman–Crippen MR) is 39.6 cm³/mol. The molecule has 2 saturated carbocycles. The Morgan fingerprint density at radius 3 is 2.50 bits per heavy atom. The zero-order valence-corrected chi connectivity index (χ0v) is 6.47. The van der Waals surface area contributed by atoms with Gasteiger partial charge in [-0.2, -0.15) is 0 Å². The average Bonchev–Trinajstić information content (AvgIpc) is 2.43. The van der Waals surface area contributed by atoms with Gasteiger partial charge < -0.3 is 0 Å². The molecule has 2 atom stereocenters. The second-order valence-electron chi connectivity index (χ2n) is 3.73. The van der Waals surface area contributed by atoms with Crippen molar-refractivity contribution in [1.29, 1.82) is 0 Å². The Kier molecular flexibility index (Phi) is 1.33. The zero-order valence-electron chi connectivity index (χ0n) is 6.47. The fourth-order valence-electron chi connectivity index (χ4n) is 2.50. The van der Waals surface area contributed by atoms with Crippen LogP contribution in [0.5, 0.6) is 0 Å². The van der Waals surface area contributed by atoms with Crippen LogP contribution in [0, 0.1) is 17.8 Å². The molecular weight excluding hydrogens is 124 g/mol. The van der Waals surface area contributed by atoms with Crippen LogP contribution in [0.4, 0.5) is 0 Å². The third kappa shape index (κ3) is 0.799. The van der Waals surface area contributed by atoms with Gasteiger partial charge >= 0.3 is 0 Å². The summed E-state index contributed by atoms with van der Waals surface area (Å²) in [5, 5.41) is 0. The lowest BCUT2D eigenvalue weighted by Crippen LogP contribution is -1.97. The van der Waals surface area contributed by atoms with Gasteiger partial charge in [-0.1, -0.05) is 19.8 Å². The fraction of sp³-hybridized carbons (Fsp3) is 0.889. The summed E-state index contributed by atoms with van der Waals surface area (Å²) in [7, 11) is 0. The lowest BCUT2D eigenvalue weighted by molar-refractivity contribution is -0.118. The highest BCUT2D eigenvalue weighted by Crippen LogP contribution is 2.57. The van der Waals surface area contributed by atoms with Gasteiger partial charge in [0.1, 0.15) is 5.78 Å². The first-order valence-corrected chi connectivity index (χ1v) is 4.34. The monoisotopic (exact) mass is 138 g/mol. The number of hydrogen-bond acceptors (Lipinski definition) is 1. The second kappa shape index (κ2) is 2.08. The minimum atomic E-state index is 0.516. The Hall–Kier alpha value is -0.330. The molecule has 0 bridgehead atoms. The van der Waals surface area contributed by atoms with Gasteiger partial charge in [-0.3, -0.25) is 4.79 Å². The molecule has 0 heterocycles. The molecule has 0 aromatic rings. The SMILES string of the molecule is CCCC1C2CC(=O)CC12. The molecule has 10 heavy (non-hydrogen) atoms. The topological polar surface area (TPSA) is 17.1 Å². The third-order valence-corrected chi connectivity index (χ3v) is 3.06. The molecule has 0 aromatic heterocycles. The van der Waals surface area contributed by atoms with Gasteiger partial charge in [0.2, 0.25) is 0 Å². The number of fused-ring (bicyclic) bond motifs is 1. The van der Waals surface area contributed by atoms with E-state index in [4.69, 9.17) is 0 Å². The van der Waals surface area contributed by atoms with E-state index in [0.717, 1.165) is 30.6 Å². The van der Waals surface area contributed by atoms with Crippen molar-refractivity contribution in [1.82, 2.24) is 0 Å². The van der Waals surface area contributed by atoms with Gasteiger partial charge in [-0.25, -0.2) is 0 Å². The van der Waals surface area contributed by atoms with Gasteiger partial charge in [0, 0.05) is 12.8 Å².